The van der Waals surface area contributed by atoms with Gasteiger partial charge >= 0.3 is 0 Å². The van der Waals surface area contributed by atoms with Gasteiger partial charge in [-0.3, -0.25) is 4.79 Å². The van der Waals surface area contributed by atoms with Crippen LogP contribution in [0.3, 0.4) is 0 Å². The number of carbonyl (C=O) groups is 1. The lowest BCUT2D eigenvalue weighted by molar-refractivity contribution is 0.102. The van der Waals surface area contributed by atoms with Crippen LogP contribution < -0.4 is 10.6 Å². The standard InChI is InChI=1S/C16H14BrN5O2/c1-9-7-13(15(23)21-14-8-10(2)24-22-14)20-16(18-9)19-12-6-4-3-5-11(12)17/h3-8H,1-2H3,(H,18,19,20)(H,21,22,23). The Morgan fingerprint density at radius 2 is 1.96 bits per heavy atom. The van der Waals surface area contributed by atoms with Crippen molar-refractivity contribution in [3.05, 3.63) is 58.0 Å². The average molecular weight is 388 g/mol. The quantitative estimate of drug-likeness (QED) is 0.706. The Hall–Kier alpha value is -2.74. The van der Waals surface area contributed by atoms with Gasteiger partial charge in [0, 0.05) is 16.2 Å². The molecule has 2 heterocycles. The van der Waals surface area contributed by atoms with Crippen molar-refractivity contribution in [3.63, 3.8) is 0 Å². The van der Waals surface area contributed by atoms with Crippen LogP contribution in [0.1, 0.15) is 21.9 Å². The molecule has 0 unspecified atom stereocenters. The maximum absolute atomic E-state index is 12.3. The Morgan fingerprint density at radius 1 is 1.17 bits per heavy atom. The van der Waals surface area contributed by atoms with Crippen molar-refractivity contribution in [2.75, 3.05) is 10.6 Å². The van der Waals surface area contributed by atoms with Gasteiger partial charge in [0.25, 0.3) is 5.91 Å². The molecule has 0 bridgehead atoms. The molecule has 1 amide bonds. The molecule has 1 aromatic carbocycles. The molecule has 2 aromatic heterocycles. The lowest BCUT2D eigenvalue weighted by atomic mass is 10.3. The molecule has 0 radical (unpaired) electrons. The van der Waals surface area contributed by atoms with Gasteiger partial charge in [-0.2, -0.15) is 0 Å². The summed E-state index contributed by atoms with van der Waals surface area (Å²) in [5.74, 6) is 0.905. The minimum absolute atomic E-state index is 0.234. The molecule has 3 aromatic rings. The van der Waals surface area contributed by atoms with Gasteiger partial charge in [-0.1, -0.05) is 17.3 Å². The zero-order chi connectivity index (χ0) is 17.1. The van der Waals surface area contributed by atoms with Crippen molar-refractivity contribution in [3.8, 4) is 0 Å². The molecule has 0 atom stereocenters. The fourth-order valence-electron chi connectivity index (χ4n) is 2.03. The van der Waals surface area contributed by atoms with E-state index in [9.17, 15) is 4.79 Å². The average Bonchev–Trinajstić information content (AvgIpc) is 2.94. The molecule has 24 heavy (non-hydrogen) atoms. The predicted molar refractivity (Wildman–Crippen MR) is 93.4 cm³/mol. The molecule has 3 rings (SSSR count). The molecule has 0 spiro atoms. The highest BCUT2D eigenvalue weighted by molar-refractivity contribution is 9.10. The van der Waals surface area contributed by atoms with E-state index in [2.05, 4.69) is 41.7 Å². The number of nitrogens with one attached hydrogen (secondary N) is 2. The Balaban J connectivity index is 1.83. The number of para-hydroxylation sites is 1. The fraction of sp³-hybridized carbons (Fsp3) is 0.125. The number of hydrogen-bond acceptors (Lipinski definition) is 6. The van der Waals surface area contributed by atoms with Gasteiger partial charge in [0.05, 0.1) is 5.69 Å². The second kappa shape index (κ2) is 6.79. The third kappa shape index (κ3) is 3.77. The minimum Gasteiger partial charge on any atom is -0.360 e. The molecule has 122 valence electrons. The first-order valence-electron chi connectivity index (χ1n) is 7.13. The second-order valence-corrected chi connectivity index (χ2v) is 5.95. The molecule has 7 nitrogen and oxygen atoms in total. The third-order valence-electron chi connectivity index (χ3n) is 3.08. The van der Waals surface area contributed by atoms with Crippen molar-refractivity contribution < 1.29 is 9.32 Å². The van der Waals surface area contributed by atoms with E-state index in [0.29, 0.717) is 23.2 Å². The van der Waals surface area contributed by atoms with Crippen LogP contribution in [-0.4, -0.2) is 21.0 Å². The molecule has 8 heteroatoms. The van der Waals surface area contributed by atoms with Crippen LogP contribution in [-0.2, 0) is 0 Å². The number of anilines is 3. The van der Waals surface area contributed by atoms with E-state index in [1.54, 1.807) is 26.0 Å². The van der Waals surface area contributed by atoms with Crippen LogP contribution in [0.4, 0.5) is 17.5 Å². The van der Waals surface area contributed by atoms with Crippen LogP contribution in [0, 0.1) is 13.8 Å². The number of hydrogen-bond donors (Lipinski definition) is 2. The molecule has 2 N–H and O–H groups in total. The summed E-state index contributed by atoms with van der Waals surface area (Å²) in [7, 11) is 0. The molecule has 0 aliphatic heterocycles. The van der Waals surface area contributed by atoms with E-state index in [1.165, 1.54) is 0 Å². The van der Waals surface area contributed by atoms with Crippen LogP contribution in [0.15, 0.2) is 45.4 Å². The molecule has 0 saturated carbocycles. The molecular weight excluding hydrogens is 374 g/mol. The normalized spacial score (nSPS) is 10.5. The van der Waals surface area contributed by atoms with Crippen molar-refractivity contribution in [2.45, 2.75) is 13.8 Å². The number of aromatic nitrogens is 3. The van der Waals surface area contributed by atoms with Crippen LogP contribution in [0.2, 0.25) is 0 Å². The van der Waals surface area contributed by atoms with Gasteiger partial charge in [0.1, 0.15) is 11.5 Å². The number of halogens is 1. The van der Waals surface area contributed by atoms with E-state index in [0.717, 1.165) is 10.2 Å². The van der Waals surface area contributed by atoms with E-state index in [4.69, 9.17) is 4.52 Å². The lowest BCUT2D eigenvalue weighted by Crippen LogP contribution is -2.15. The van der Waals surface area contributed by atoms with Crippen molar-refractivity contribution in [1.29, 1.82) is 0 Å². The lowest BCUT2D eigenvalue weighted by Gasteiger charge is -2.09. The van der Waals surface area contributed by atoms with Crippen LogP contribution >= 0.6 is 15.9 Å². The zero-order valence-electron chi connectivity index (χ0n) is 13.0. The topological polar surface area (TPSA) is 92.9 Å². The molecule has 0 fully saturated rings. The summed E-state index contributed by atoms with van der Waals surface area (Å²) >= 11 is 3.45. The Bertz CT molecular complexity index is 894. The summed E-state index contributed by atoms with van der Waals surface area (Å²) in [5, 5.41) is 9.46. The highest BCUT2D eigenvalue weighted by Crippen LogP contribution is 2.24. The second-order valence-electron chi connectivity index (χ2n) is 5.10. The third-order valence-corrected chi connectivity index (χ3v) is 3.77. The fourth-order valence-corrected chi connectivity index (χ4v) is 2.41. The van der Waals surface area contributed by atoms with Gasteiger partial charge in [-0.15, -0.1) is 0 Å². The summed E-state index contributed by atoms with van der Waals surface area (Å²) in [6, 6.07) is 10.8. The first-order valence-corrected chi connectivity index (χ1v) is 7.92. The Labute approximate surface area is 146 Å². The maximum Gasteiger partial charge on any atom is 0.275 e. The van der Waals surface area contributed by atoms with Crippen molar-refractivity contribution >= 4 is 39.3 Å². The number of carbonyl (C=O) groups excluding carboxylic acids is 1. The summed E-state index contributed by atoms with van der Waals surface area (Å²) in [4.78, 5) is 20.9. The SMILES string of the molecule is Cc1cc(C(=O)Nc2cc(C)on2)nc(Nc2ccccc2Br)n1. The van der Waals surface area contributed by atoms with Crippen molar-refractivity contribution in [1.82, 2.24) is 15.1 Å². The summed E-state index contributed by atoms with van der Waals surface area (Å²) < 4.78 is 5.80. The van der Waals surface area contributed by atoms with E-state index in [1.807, 2.05) is 24.3 Å². The first-order chi connectivity index (χ1) is 11.5. The predicted octanol–water partition coefficient (Wildman–Crippen LogP) is 3.84. The largest absolute Gasteiger partial charge is 0.360 e. The number of benzene rings is 1. The number of nitrogens with zero attached hydrogens (tertiary/aromatic N) is 3. The van der Waals surface area contributed by atoms with E-state index < -0.39 is 0 Å². The van der Waals surface area contributed by atoms with Crippen LogP contribution in [0.25, 0.3) is 0 Å². The molecule has 0 saturated heterocycles. The monoisotopic (exact) mass is 387 g/mol. The zero-order valence-corrected chi connectivity index (χ0v) is 14.6. The first kappa shape index (κ1) is 16.1. The van der Waals surface area contributed by atoms with Crippen molar-refractivity contribution in [2.24, 2.45) is 0 Å². The Morgan fingerprint density at radius 3 is 2.67 bits per heavy atom. The maximum atomic E-state index is 12.3. The van der Waals surface area contributed by atoms with Gasteiger partial charge in [-0.05, 0) is 48.0 Å². The highest BCUT2D eigenvalue weighted by Gasteiger charge is 2.13. The van der Waals surface area contributed by atoms with E-state index >= 15 is 0 Å². The van der Waals surface area contributed by atoms with Gasteiger partial charge < -0.3 is 15.2 Å². The molecule has 0 aliphatic rings. The van der Waals surface area contributed by atoms with Gasteiger partial charge in [-0.25, -0.2) is 9.97 Å². The summed E-state index contributed by atoms with van der Waals surface area (Å²) in [6.07, 6.45) is 0. The Kier molecular flexibility index (Phi) is 4.57. The molecular formula is C16H14BrN5O2. The minimum atomic E-state index is -0.385. The summed E-state index contributed by atoms with van der Waals surface area (Å²) in [6.45, 7) is 3.54. The van der Waals surface area contributed by atoms with Crippen LogP contribution in [0.5, 0.6) is 0 Å². The van der Waals surface area contributed by atoms with Gasteiger partial charge in [0.2, 0.25) is 5.95 Å². The number of rotatable bonds is 4. The van der Waals surface area contributed by atoms with E-state index in [-0.39, 0.29) is 11.6 Å². The van der Waals surface area contributed by atoms with Gasteiger partial charge in [0.15, 0.2) is 5.82 Å². The highest BCUT2D eigenvalue weighted by atomic mass is 79.9. The number of amides is 1. The number of aryl methyl sites for hydroxylation is 2. The summed E-state index contributed by atoms with van der Waals surface area (Å²) in [5.41, 5.74) is 1.71. The molecule has 0 aliphatic carbocycles. The smallest absolute Gasteiger partial charge is 0.275 e.